The van der Waals surface area contributed by atoms with Gasteiger partial charge >= 0.3 is 0 Å². The van der Waals surface area contributed by atoms with E-state index in [1.807, 2.05) is 13.0 Å². The number of aromatic nitrogens is 2. The van der Waals surface area contributed by atoms with Crippen molar-refractivity contribution < 1.29 is 0 Å². The first-order chi connectivity index (χ1) is 6.16. The molecule has 4 nitrogen and oxygen atoms in total. The molecule has 70 valence electrons. The highest BCUT2D eigenvalue weighted by Gasteiger charge is 2.27. The van der Waals surface area contributed by atoms with Gasteiger partial charge in [0.05, 0.1) is 0 Å². The summed E-state index contributed by atoms with van der Waals surface area (Å²) in [4.78, 5) is 10.5. The van der Waals surface area contributed by atoms with Gasteiger partial charge in [-0.2, -0.15) is 0 Å². The molecule has 1 fully saturated rings. The van der Waals surface area contributed by atoms with Crippen molar-refractivity contribution in [1.82, 2.24) is 9.97 Å². The molecule has 1 aliphatic carbocycles. The number of hydrogen-bond donors (Lipinski definition) is 1. The van der Waals surface area contributed by atoms with E-state index in [1.165, 1.54) is 12.8 Å². The lowest BCUT2D eigenvalue weighted by Gasteiger charge is -2.17. The van der Waals surface area contributed by atoms with Crippen molar-refractivity contribution in [2.75, 3.05) is 17.7 Å². The molecule has 2 N–H and O–H groups in total. The predicted molar refractivity (Wildman–Crippen MR) is 52.6 cm³/mol. The average Bonchev–Trinajstić information content (AvgIpc) is 2.83. The molecule has 0 amide bonds. The highest BCUT2D eigenvalue weighted by atomic mass is 15.2. The fraction of sp³-hybridized carbons (Fsp3) is 0.556. The van der Waals surface area contributed by atoms with Crippen LogP contribution in [0.5, 0.6) is 0 Å². The normalized spacial score (nSPS) is 15.8. The van der Waals surface area contributed by atoms with E-state index in [0.717, 1.165) is 11.6 Å². The van der Waals surface area contributed by atoms with Gasteiger partial charge in [-0.1, -0.05) is 0 Å². The number of hydrogen-bond acceptors (Lipinski definition) is 4. The Labute approximate surface area is 77.8 Å². The maximum absolute atomic E-state index is 5.64. The number of nitrogens with zero attached hydrogens (tertiary/aromatic N) is 3. The number of nitrogens with two attached hydrogens (primary N) is 1. The highest BCUT2D eigenvalue weighted by molar-refractivity contribution is 5.47. The van der Waals surface area contributed by atoms with Crippen LogP contribution in [0.1, 0.15) is 18.7 Å². The van der Waals surface area contributed by atoms with Crippen molar-refractivity contribution in [3.8, 4) is 0 Å². The van der Waals surface area contributed by atoms with E-state index >= 15 is 0 Å². The molecule has 0 saturated heterocycles. The number of nitrogen functional groups attached to an aromatic ring is 1. The Kier molecular flexibility index (Phi) is 1.83. The van der Waals surface area contributed by atoms with E-state index in [0.29, 0.717) is 11.9 Å². The molecule has 1 saturated carbocycles. The van der Waals surface area contributed by atoms with Crippen molar-refractivity contribution in [2.24, 2.45) is 0 Å². The third-order valence-electron chi connectivity index (χ3n) is 2.30. The van der Waals surface area contributed by atoms with E-state index in [9.17, 15) is 0 Å². The third kappa shape index (κ3) is 1.71. The zero-order chi connectivity index (χ0) is 9.42. The molecule has 0 bridgehead atoms. The van der Waals surface area contributed by atoms with E-state index in [4.69, 9.17) is 5.73 Å². The Bertz CT molecular complexity index is 299. The number of rotatable bonds is 2. The molecule has 0 unspecified atom stereocenters. The fourth-order valence-corrected chi connectivity index (χ4v) is 1.40. The zero-order valence-electron chi connectivity index (χ0n) is 7.99. The van der Waals surface area contributed by atoms with Crippen LogP contribution in [0.3, 0.4) is 0 Å². The SMILES string of the molecule is Cc1nc(N)cc(N(C)C2CC2)n1. The first-order valence-corrected chi connectivity index (χ1v) is 4.51. The van der Waals surface area contributed by atoms with Crippen LogP contribution in [0.2, 0.25) is 0 Å². The maximum atomic E-state index is 5.64. The minimum atomic E-state index is 0.551. The number of aryl methyl sites for hydroxylation is 1. The van der Waals surface area contributed by atoms with Gasteiger partial charge in [-0.15, -0.1) is 0 Å². The van der Waals surface area contributed by atoms with Crippen molar-refractivity contribution in [3.63, 3.8) is 0 Å². The summed E-state index contributed by atoms with van der Waals surface area (Å²) in [6, 6.07) is 2.49. The summed E-state index contributed by atoms with van der Waals surface area (Å²) in [5.74, 6) is 2.23. The Hall–Kier alpha value is -1.32. The summed E-state index contributed by atoms with van der Waals surface area (Å²) in [6.45, 7) is 1.86. The minimum absolute atomic E-state index is 0.551. The molecular weight excluding hydrogens is 164 g/mol. The Morgan fingerprint density at radius 2 is 2.15 bits per heavy atom. The lowest BCUT2D eigenvalue weighted by Crippen LogP contribution is -2.21. The second kappa shape index (κ2) is 2.87. The first kappa shape index (κ1) is 8.29. The minimum Gasteiger partial charge on any atom is -0.384 e. The molecule has 0 aromatic carbocycles. The van der Waals surface area contributed by atoms with E-state index in [-0.39, 0.29) is 0 Å². The van der Waals surface area contributed by atoms with Crippen LogP contribution in [-0.2, 0) is 0 Å². The molecule has 0 radical (unpaired) electrons. The molecule has 0 spiro atoms. The lowest BCUT2D eigenvalue weighted by molar-refractivity contribution is 0.876. The van der Waals surface area contributed by atoms with Gasteiger partial charge in [0.2, 0.25) is 0 Å². The van der Waals surface area contributed by atoms with Crippen molar-refractivity contribution in [3.05, 3.63) is 11.9 Å². The van der Waals surface area contributed by atoms with Gasteiger partial charge in [0.15, 0.2) is 0 Å². The van der Waals surface area contributed by atoms with Crippen LogP contribution in [0, 0.1) is 6.92 Å². The maximum Gasteiger partial charge on any atom is 0.134 e. The van der Waals surface area contributed by atoms with Gasteiger partial charge in [-0.3, -0.25) is 0 Å². The largest absolute Gasteiger partial charge is 0.384 e. The Morgan fingerprint density at radius 1 is 1.46 bits per heavy atom. The number of anilines is 2. The quantitative estimate of drug-likeness (QED) is 0.733. The van der Waals surface area contributed by atoms with Crippen LogP contribution in [-0.4, -0.2) is 23.1 Å². The topological polar surface area (TPSA) is 55.0 Å². The van der Waals surface area contributed by atoms with Gasteiger partial charge in [0.25, 0.3) is 0 Å². The predicted octanol–water partition coefficient (Wildman–Crippen LogP) is 0.966. The summed E-state index contributed by atoms with van der Waals surface area (Å²) in [5.41, 5.74) is 5.64. The van der Waals surface area contributed by atoms with Crippen LogP contribution < -0.4 is 10.6 Å². The molecule has 1 aliphatic rings. The van der Waals surface area contributed by atoms with E-state index in [1.54, 1.807) is 0 Å². The lowest BCUT2D eigenvalue weighted by atomic mass is 10.4. The standard InChI is InChI=1S/C9H14N4/c1-6-11-8(10)5-9(12-6)13(2)7-3-4-7/h5,7H,3-4H2,1-2H3,(H2,10,11,12). The summed E-state index contributed by atoms with van der Waals surface area (Å²) >= 11 is 0. The monoisotopic (exact) mass is 178 g/mol. The second-order valence-electron chi connectivity index (χ2n) is 3.54. The molecule has 0 atom stereocenters. The summed E-state index contributed by atoms with van der Waals surface area (Å²) in [5, 5.41) is 0. The smallest absolute Gasteiger partial charge is 0.134 e. The summed E-state index contributed by atoms with van der Waals surface area (Å²) in [6.07, 6.45) is 2.53. The van der Waals surface area contributed by atoms with Gasteiger partial charge in [-0.05, 0) is 19.8 Å². The molecule has 13 heavy (non-hydrogen) atoms. The molecule has 1 aromatic heterocycles. The molecule has 4 heteroatoms. The van der Waals surface area contributed by atoms with E-state index in [2.05, 4.69) is 21.9 Å². The van der Waals surface area contributed by atoms with Gasteiger partial charge in [0.1, 0.15) is 17.5 Å². The zero-order valence-corrected chi connectivity index (χ0v) is 7.99. The van der Waals surface area contributed by atoms with Crippen LogP contribution in [0.4, 0.5) is 11.6 Å². The van der Waals surface area contributed by atoms with E-state index < -0.39 is 0 Å². The molecule has 1 aromatic rings. The molecule has 0 aliphatic heterocycles. The summed E-state index contributed by atoms with van der Waals surface area (Å²) < 4.78 is 0. The van der Waals surface area contributed by atoms with Crippen molar-refractivity contribution >= 4 is 11.6 Å². The van der Waals surface area contributed by atoms with Gasteiger partial charge < -0.3 is 10.6 Å². The third-order valence-corrected chi connectivity index (χ3v) is 2.30. The van der Waals surface area contributed by atoms with Crippen LogP contribution in [0.25, 0.3) is 0 Å². The molecule has 2 rings (SSSR count). The molecular formula is C9H14N4. The second-order valence-corrected chi connectivity index (χ2v) is 3.54. The summed E-state index contributed by atoms with van der Waals surface area (Å²) in [7, 11) is 2.05. The highest BCUT2D eigenvalue weighted by Crippen LogP contribution is 2.29. The van der Waals surface area contributed by atoms with Gasteiger partial charge in [-0.25, -0.2) is 9.97 Å². The Balaban J connectivity index is 2.27. The van der Waals surface area contributed by atoms with Crippen molar-refractivity contribution in [1.29, 1.82) is 0 Å². The average molecular weight is 178 g/mol. The fourth-order valence-electron chi connectivity index (χ4n) is 1.40. The molecule has 1 heterocycles. The Morgan fingerprint density at radius 3 is 2.69 bits per heavy atom. The van der Waals surface area contributed by atoms with Crippen LogP contribution in [0.15, 0.2) is 6.07 Å². The van der Waals surface area contributed by atoms with Crippen molar-refractivity contribution in [2.45, 2.75) is 25.8 Å². The van der Waals surface area contributed by atoms with Crippen LogP contribution >= 0.6 is 0 Å². The first-order valence-electron chi connectivity index (χ1n) is 4.51. The van der Waals surface area contributed by atoms with Gasteiger partial charge in [0, 0.05) is 19.2 Å².